The molecule has 1 saturated carbocycles. The van der Waals surface area contributed by atoms with E-state index in [2.05, 4.69) is 32.8 Å². The molecule has 4 aromatic rings. The number of anilines is 3. The van der Waals surface area contributed by atoms with Crippen LogP contribution in [-0.2, 0) is 13.6 Å². The largest absolute Gasteiger partial charge is 0.351 e. The molecule has 3 heterocycles. The average molecular weight is 403 g/mol. The van der Waals surface area contributed by atoms with Crippen molar-refractivity contribution in [3.8, 4) is 0 Å². The van der Waals surface area contributed by atoms with Gasteiger partial charge in [-0.05, 0) is 18.4 Å². The number of benzene rings is 1. The van der Waals surface area contributed by atoms with Gasteiger partial charge in [0.15, 0.2) is 17.0 Å². The first-order valence-electron chi connectivity index (χ1n) is 10.5. The maximum atomic E-state index is 4.75. The lowest BCUT2D eigenvalue weighted by Crippen LogP contribution is -2.23. The van der Waals surface area contributed by atoms with Crippen LogP contribution < -0.4 is 10.6 Å². The fourth-order valence-electron chi connectivity index (χ4n) is 4.01. The lowest BCUT2D eigenvalue weighted by atomic mass is 9.96. The molecule has 5 rings (SSSR count). The first-order valence-corrected chi connectivity index (χ1v) is 10.5. The van der Waals surface area contributed by atoms with Crippen LogP contribution in [0.5, 0.6) is 0 Å². The smallest absolute Gasteiger partial charge is 0.227 e. The van der Waals surface area contributed by atoms with Gasteiger partial charge in [-0.1, -0.05) is 49.6 Å². The molecule has 0 bridgehead atoms. The summed E-state index contributed by atoms with van der Waals surface area (Å²) in [6.45, 7) is 0.722. The van der Waals surface area contributed by atoms with Crippen LogP contribution in [0.1, 0.15) is 37.7 Å². The highest BCUT2D eigenvalue weighted by atomic mass is 15.3. The van der Waals surface area contributed by atoms with Gasteiger partial charge in [0.1, 0.15) is 0 Å². The zero-order valence-electron chi connectivity index (χ0n) is 17.1. The van der Waals surface area contributed by atoms with Crippen molar-refractivity contribution >= 4 is 28.6 Å². The Kier molecular flexibility index (Phi) is 5.04. The van der Waals surface area contributed by atoms with Gasteiger partial charge >= 0.3 is 0 Å². The minimum absolute atomic E-state index is 0.436. The summed E-state index contributed by atoms with van der Waals surface area (Å²) in [5.41, 5.74) is 3.64. The van der Waals surface area contributed by atoms with Crippen molar-refractivity contribution in [2.24, 2.45) is 7.05 Å². The van der Waals surface area contributed by atoms with Gasteiger partial charge in [-0.2, -0.15) is 15.1 Å². The molecular formula is C22H26N8. The summed E-state index contributed by atoms with van der Waals surface area (Å²) in [5, 5.41) is 11.4. The molecule has 8 nitrogen and oxygen atoms in total. The third-order valence-corrected chi connectivity index (χ3v) is 5.58. The number of aromatic nitrogens is 6. The van der Waals surface area contributed by atoms with E-state index in [1.165, 1.54) is 37.7 Å². The molecule has 1 fully saturated rings. The molecule has 0 radical (unpaired) electrons. The monoisotopic (exact) mass is 402 g/mol. The topological polar surface area (TPSA) is 85.5 Å². The quantitative estimate of drug-likeness (QED) is 0.505. The Morgan fingerprint density at radius 1 is 1.07 bits per heavy atom. The Morgan fingerprint density at radius 2 is 1.90 bits per heavy atom. The van der Waals surface area contributed by atoms with Crippen LogP contribution in [0.2, 0.25) is 0 Å². The fraction of sp³-hybridized carbons (Fsp3) is 0.364. The Bertz CT molecular complexity index is 1120. The van der Waals surface area contributed by atoms with Crippen LogP contribution in [-0.4, -0.2) is 35.3 Å². The van der Waals surface area contributed by atoms with Crippen molar-refractivity contribution in [3.05, 3.63) is 54.6 Å². The summed E-state index contributed by atoms with van der Waals surface area (Å²) >= 11 is 0. The van der Waals surface area contributed by atoms with E-state index in [0.717, 1.165) is 23.4 Å². The second-order valence-corrected chi connectivity index (χ2v) is 7.94. The van der Waals surface area contributed by atoms with E-state index < -0.39 is 0 Å². The maximum absolute atomic E-state index is 4.75. The second kappa shape index (κ2) is 8.14. The lowest BCUT2D eigenvalue weighted by Gasteiger charge is -2.22. The summed E-state index contributed by atoms with van der Waals surface area (Å²) in [7, 11) is 1.95. The molecule has 0 aliphatic heterocycles. The van der Waals surface area contributed by atoms with Crippen LogP contribution >= 0.6 is 0 Å². The number of hydrogen-bond acceptors (Lipinski definition) is 6. The highest BCUT2D eigenvalue weighted by Gasteiger charge is 2.17. The molecule has 1 aliphatic rings. The van der Waals surface area contributed by atoms with Gasteiger partial charge in [0.2, 0.25) is 5.95 Å². The van der Waals surface area contributed by atoms with Crippen molar-refractivity contribution in [1.29, 1.82) is 0 Å². The van der Waals surface area contributed by atoms with Gasteiger partial charge in [0.25, 0.3) is 0 Å². The number of rotatable bonds is 6. The molecule has 30 heavy (non-hydrogen) atoms. The molecule has 1 aromatic carbocycles. The zero-order valence-corrected chi connectivity index (χ0v) is 17.1. The number of aryl methyl sites for hydroxylation is 1. The van der Waals surface area contributed by atoms with Gasteiger partial charge in [0, 0.05) is 19.3 Å². The first-order chi connectivity index (χ1) is 14.7. The molecule has 1 aliphatic carbocycles. The van der Waals surface area contributed by atoms with E-state index in [1.807, 2.05) is 46.9 Å². The molecule has 3 aromatic heterocycles. The Labute approximate surface area is 175 Å². The fourth-order valence-corrected chi connectivity index (χ4v) is 4.01. The van der Waals surface area contributed by atoms with Crippen LogP contribution in [0.15, 0.2) is 49.1 Å². The van der Waals surface area contributed by atoms with E-state index in [9.17, 15) is 0 Å². The Balaban J connectivity index is 1.39. The highest BCUT2D eigenvalue weighted by Crippen LogP contribution is 2.26. The van der Waals surface area contributed by atoms with Gasteiger partial charge in [-0.15, -0.1) is 0 Å². The van der Waals surface area contributed by atoms with Crippen LogP contribution in [0.25, 0.3) is 11.2 Å². The number of fused-ring (bicyclic) bond motifs is 1. The number of hydrogen-bond donors (Lipinski definition) is 2. The summed E-state index contributed by atoms with van der Waals surface area (Å²) < 4.78 is 3.84. The van der Waals surface area contributed by atoms with E-state index in [4.69, 9.17) is 9.97 Å². The van der Waals surface area contributed by atoms with Crippen molar-refractivity contribution in [3.63, 3.8) is 0 Å². The van der Waals surface area contributed by atoms with E-state index in [1.54, 1.807) is 6.33 Å². The van der Waals surface area contributed by atoms with Gasteiger partial charge in [-0.3, -0.25) is 4.68 Å². The number of nitrogens with zero attached hydrogens (tertiary/aromatic N) is 6. The van der Waals surface area contributed by atoms with Crippen LogP contribution in [0, 0.1) is 0 Å². The molecular weight excluding hydrogens is 376 g/mol. The van der Waals surface area contributed by atoms with E-state index in [0.29, 0.717) is 17.8 Å². The first kappa shape index (κ1) is 18.6. The highest BCUT2D eigenvalue weighted by molar-refractivity contribution is 5.86. The van der Waals surface area contributed by atoms with Crippen molar-refractivity contribution in [2.45, 2.75) is 44.7 Å². The van der Waals surface area contributed by atoms with Crippen molar-refractivity contribution in [1.82, 2.24) is 29.3 Å². The van der Waals surface area contributed by atoms with Crippen molar-refractivity contribution < 1.29 is 0 Å². The normalized spacial score (nSPS) is 14.8. The summed E-state index contributed by atoms with van der Waals surface area (Å²) in [6.07, 6.45) is 11.7. The third kappa shape index (κ3) is 3.98. The van der Waals surface area contributed by atoms with Gasteiger partial charge < -0.3 is 15.2 Å². The summed E-state index contributed by atoms with van der Waals surface area (Å²) in [5.74, 6) is 1.34. The summed E-state index contributed by atoms with van der Waals surface area (Å²) in [4.78, 5) is 14.0. The lowest BCUT2D eigenvalue weighted by molar-refractivity contribution is 0.461. The molecule has 154 valence electrons. The van der Waals surface area contributed by atoms with Crippen LogP contribution in [0.3, 0.4) is 0 Å². The Morgan fingerprint density at radius 3 is 2.73 bits per heavy atom. The molecule has 2 N–H and O–H groups in total. The predicted molar refractivity (Wildman–Crippen MR) is 118 cm³/mol. The Hall–Kier alpha value is -3.42. The molecule has 8 heteroatoms. The minimum Gasteiger partial charge on any atom is -0.351 e. The van der Waals surface area contributed by atoms with Gasteiger partial charge in [0.05, 0.1) is 24.8 Å². The van der Waals surface area contributed by atoms with Gasteiger partial charge in [-0.25, -0.2) is 4.98 Å². The molecule has 0 amide bonds. The molecule has 0 atom stereocenters. The van der Waals surface area contributed by atoms with E-state index >= 15 is 0 Å². The number of imidazole rings is 1. The second-order valence-electron chi connectivity index (χ2n) is 7.94. The molecule has 0 unspecified atom stereocenters. The maximum Gasteiger partial charge on any atom is 0.227 e. The third-order valence-electron chi connectivity index (χ3n) is 5.58. The van der Waals surface area contributed by atoms with Crippen LogP contribution in [0.4, 0.5) is 17.5 Å². The SMILES string of the molecule is Cn1cnc2c(Nc3cnn(Cc4ccccc4)c3)nc(NC3CCCCC3)nc21. The molecule has 0 spiro atoms. The predicted octanol–water partition coefficient (Wildman–Crippen LogP) is 4.10. The van der Waals surface area contributed by atoms with Crippen molar-refractivity contribution in [2.75, 3.05) is 10.6 Å². The molecule has 0 saturated heterocycles. The average Bonchev–Trinajstić information content (AvgIpc) is 3.36. The van der Waals surface area contributed by atoms with E-state index in [-0.39, 0.29) is 0 Å². The number of nitrogens with one attached hydrogen (secondary N) is 2. The minimum atomic E-state index is 0.436. The standard InChI is InChI=1S/C22H26N8/c1-29-15-23-19-20(27-22(28-21(19)29)26-17-10-6-3-7-11-17)25-18-12-24-30(14-18)13-16-8-4-2-5-9-16/h2,4-5,8-9,12,14-15,17H,3,6-7,10-11,13H2,1H3,(H2,25,26,27,28). The summed E-state index contributed by atoms with van der Waals surface area (Å²) in [6, 6.07) is 10.7. The zero-order chi connectivity index (χ0) is 20.3.